The monoisotopic (exact) mass is 377 g/mol. The fraction of sp³-hybridized carbons (Fsp3) is 0.200. The van der Waals surface area contributed by atoms with Crippen LogP contribution in [0.3, 0.4) is 0 Å². The number of nitrogens with one attached hydrogen (secondary N) is 2. The van der Waals surface area contributed by atoms with Gasteiger partial charge >= 0.3 is 0 Å². The number of amides is 1. The molecule has 0 aliphatic heterocycles. The van der Waals surface area contributed by atoms with Crippen molar-refractivity contribution in [3.8, 4) is 11.3 Å². The maximum Gasteiger partial charge on any atom is 0.247 e. The van der Waals surface area contributed by atoms with Gasteiger partial charge in [0.25, 0.3) is 0 Å². The minimum atomic E-state index is -0.256. The predicted molar refractivity (Wildman–Crippen MR) is 110 cm³/mol. The van der Waals surface area contributed by atoms with Gasteiger partial charge in [-0.2, -0.15) is 5.10 Å². The van der Waals surface area contributed by atoms with E-state index in [1.54, 1.807) is 6.20 Å². The largest absolute Gasteiger partial charge is 0.338 e. The molecular formula is C20H23N7O. The zero-order valence-electron chi connectivity index (χ0n) is 16.0. The van der Waals surface area contributed by atoms with Gasteiger partial charge in [-0.05, 0) is 32.3 Å². The smallest absolute Gasteiger partial charge is 0.247 e. The van der Waals surface area contributed by atoms with Gasteiger partial charge in [0.15, 0.2) is 0 Å². The number of likely N-dealkylation sites (N-methyl/N-ethyl adjacent to an activating group) is 1. The lowest BCUT2D eigenvalue weighted by Gasteiger charge is -2.09. The molecule has 8 heteroatoms. The summed E-state index contributed by atoms with van der Waals surface area (Å²) in [6.45, 7) is 5.19. The first-order chi connectivity index (χ1) is 13.5. The van der Waals surface area contributed by atoms with Gasteiger partial charge in [-0.15, -0.1) is 0 Å². The quantitative estimate of drug-likeness (QED) is 0.587. The maximum atomic E-state index is 11.5. The van der Waals surface area contributed by atoms with Crippen molar-refractivity contribution in [1.82, 2.24) is 24.6 Å². The molecular weight excluding hydrogens is 354 g/mol. The molecule has 0 aliphatic rings. The lowest BCUT2D eigenvalue weighted by molar-refractivity contribution is -0.111. The molecule has 0 fully saturated rings. The Bertz CT molecular complexity index is 964. The summed E-state index contributed by atoms with van der Waals surface area (Å²) >= 11 is 0. The summed E-state index contributed by atoms with van der Waals surface area (Å²) in [5.41, 5.74) is 3.15. The van der Waals surface area contributed by atoms with Crippen LogP contribution in [0.2, 0.25) is 0 Å². The summed E-state index contributed by atoms with van der Waals surface area (Å²) in [7, 11) is 4.06. The second-order valence-electron chi connectivity index (χ2n) is 6.48. The molecule has 2 N–H and O–H groups in total. The van der Waals surface area contributed by atoms with E-state index in [4.69, 9.17) is 0 Å². The Kier molecular flexibility index (Phi) is 6.13. The van der Waals surface area contributed by atoms with Gasteiger partial charge in [0.2, 0.25) is 5.91 Å². The third-order valence-electron chi connectivity index (χ3n) is 3.96. The molecule has 144 valence electrons. The fourth-order valence-corrected chi connectivity index (χ4v) is 2.53. The number of benzene rings is 1. The highest BCUT2D eigenvalue weighted by Crippen LogP contribution is 2.23. The molecule has 0 unspecified atom stereocenters. The Morgan fingerprint density at radius 1 is 1.25 bits per heavy atom. The molecule has 1 amide bonds. The third kappa shape index (κ3) is 5.24. The Labute approximate surface area is 163 Å². The summed E-state index contributed by atoms with van der Waals surface area (Å²) in [5.74, 6) is 0.408. The Morgan fingerprint density at radius 2 is 2.11 bits per heavy atom. The number of nitrogens with zero attached hydrogens (tertiary/aromatic N) is 5. The number of rotatable bonds is 8. The van der Waals surface area contributed by atoms with Gasteiger partial charge in [-0.3, -0.25) is 9.48 Å². The summed E-state index contributed by atoms with van der Waals surface area (Å²) in [5, 5.41) is 10.3. The van der Waals surface area contributed by atoms with Crippen LogP contribution in [0.5, 0.6) is 0 Å². The molecule has 3 rings (SSSR count). The third-order valence-corrected chi connectivity index (χ3v) is 3.96. The Hall–Kier alpha value is -3.52. The highest BCUT2D eigenvalue weighted by atomic mass is 16.1. The van der Waals surface area contributed by atoms with Gasteiger partial charge < -0.3 is 15.5 Å². The molecule has 0 radical (unpaired) electrons. The van der Waals surface area contributed by atoms with Crippen LogP contribution in [-0.4, -0.2) is 51.2 Å². The maximum absolute atomic E-state index is 11.5. The first-order valence-electron chi connectivity index (χ1n) is 8.83. The van der Waals surface area contributed by atoms with Gasteiger partial charge in [-0.1, -0.05) is 18.7 Å². The van der Waals surface area contributed by atoms with Crippen molar-refractivity contribution in [3.05, 3.63) is 61.7 Å². The van der Waals surface area contributed by atoms with Gasteiger partial charge in [-0.25, -0.2) is 9.97 Å². The van der Waals surface area contributed by atoms with Crippen molar-refractivity contribution < 1.29 is 4.79 Å². The van der Waals surface area contributed by atoms with E-state index in [9.17, 15) is 4.79 Å². The zero-order valence-corrected chi connectivity index (χ0v) is 16.0. The van der Waals surface area contributed by atoms with Crippen LogP contribution in [0.15, 0.2) is 61.7 Å². The molecule has 0 saturated carbocycles. The highest BCUT2D eigenvalue weighted by Gasteiger charge is 2.06. The molecule has 0 spiro atoms. The molecule has 8 nitrogen and oxygen atoms in total. The number of aromatic nitrogens is 4. The van der Waals surface area contributed by atoms with E-state index in [0.717, 1.165) is 30.0 Å². The van der Waals surface area contributed by atoms with Crippen molar-refractivity contribution in [3.63, 3.8) is 0 Å². The van der Waals surface area contributed by atoms with Crippen LogP contribution in [-0.2, 0) is 11.3 Å². The Balaban J connectivity index is 1.73. The van der Waals surface area contributed by atoms with Crippen molar-refractivity contribution in [2.24, 2.45) is 0 Å². The van der Waals surface area contributed by atoms with E-state index in [0.29, 0.717) is 11.5 Å². The average molecular weight is 377 g/mol. The van der Waals surface area contributed by atoms with Gasteiger partial charge in [0.05, 0.1) is 24.1 Å². The van der Waals surface area contributed by atoms with E-state index in [1.165, 1.54) is 12.4 Å². The fourth-order valence-electron chi connectivity index (χ4n) is 2.53. The molecule has 2 aromatic heterocycles. The van der Waals surface area contributed by atoms with Crippen molar-refractivity contribution in [2.45, 2.75) is 6.54 Å². The van der Waals surface area contributed by atoms with Crippen LogP contribution < -0.4 is 10.6 Å². The first-order valence-corrected chi connectivity index (χ1v) is 8.83. The van der Waals surface area contributed by atoms with E-state index in [2.05, 4.69) is 37.2 Å². The number of carbonyl (C=O) groups is 1. The van der Waals surface area contributed by atoms with Crippen LogP contribution in [0, 0.1) is 0 Å². The molecule has 1 aromatic carbocycles. The molecule has 0 atom stereocenters. The lowest BCUT2D eigenvalue weighted by Crippen LogP contribution is -2.18. The molecule has 0 aliphatic carbocycles. The molecule has 3 aromatic rings. The van der Waals surface area contributed by atoms with Crippen molar-refractivity contribution >= 4 is 23.1 Å². The number of anilines is 3. The standard InChI is InChI=1S/C20H23N7O/c1-4-20(28)25-16-7-5-6-15(10-16)18-11-19(22-14-21-18)24-17-12-23-27(13-17)9-8-26(2)3/h4-7,10-14H,1,8-9H2,2-3H3,(H,25,28)(H,21,22,24). The molecule has 0 saturated heterocycles. The summed E-state index contributed by atoms with van der Waals surface area (Å²) in [4.78, 5) is 22.2. The highest BCUT2D eigenvalue weighted by molar-refractivity contribution is 5.99. The minimum absolute atomic E-state index is 0.256. The second kappa shape index (κ2) is 8.92. The summed E-state index contributed by atoms with van der Waals surface area (Å²) in [6.07, 6.45) is 6.45. The van der Waals surface area contributed by atoms with Crippen LogP contribution in [0.4, 0.5) is 17.2 Å². The number of hydrogen-bond acceptors (Lipinski definition) is 6. The zero-order chi connectivity index (χ0) is 19.9. The van der Waals surface area contributed by atoms with E-state index in [1.807, 2.05) is 55.3 Å². The van der Waals surface area contributed by atoms with Crippen molar-refractivity contribution in [1.29, 1.82) is 0 Å². The Morgan fingerprint density at radius 3 is 2.89 bits per heavy atom. The normalized spacial score (nSPS) is 10.7. The van der Waals surface area contributed by atoms with Crippen LogP contribution in [0.25, 0.3) is 11.3 Å². The summed E-state index contributed by atoms with van der Waals surface area (Å²) < 4.78 is 1.89. The second-order valence-corrected chi connectivity index (χ2v) is 6.48. The molecule has 28 heavy (non-hydrogen) atoms. The van der Waals surface area contributed by atoms with Crippen molar-refractivity contribution in [2.75, 3.05) is 31.3 Å². The van der Waals surface area contributed by atoms with E-state index in [-0.39, 0.29) is 5.91 Å². The lowest BCUT2D eigenvalue weighted by atomic mass is 10.1. The van der Waals surface area contributed by atoms with E-state index < -0.39 is 0 Å². The topological polar surface area (TPSA) is 88.0 Å². The minimum Gasteiger partial charge on any atom is -0.338 e. The van der Waals surface area contributed by atoms with Gasteiger partial charge in [0.1, 0.15) is 12.1 Å². The molecule has 0 bridgehead atoms. The molecule has 2 heterocycles. The van der Waals surface area contributed by atoms with E-state index >= 15 is 0 Å². The summed E-state index contributed by atoms with van der Waals surface area (Å²) in [6, 6.07) is 9.30. The van der Waals surface area contributed by atoms with Crippen LogP contribution in [0.1, 0.15) is 0 Å². The van der Waals surface area contributed by atoms with Crippen LogP contribution >= 0.6 is 0 Å². The van der Waals surface area contributed by atoms with Gasteiger partial charge in [0, 0.05) is 30.1 Å². The average Bonchev–Trinajstić information content (AvgIpc) is 3.14. The first kappa shape index (κ1) is 19.2. The predicted octanol–water partition coefficient (Wildman–Crippen LogP) is 2.77. The SMILES string of the molecule is C=CC(=O)Nc1cccc(-c2cc(Nc3cnn(CCN(C)C)c3)ncn2)c1. The number of carbonyl (C=O) groups excluding carboxylic acids is 1. The number of hydrogen-bond donors (Lipinski definition) is 2.